The molecule has 0 saturated carbocycles. The molecule has 2 N–H and O–H groups in total. The fraction of sp³-hybridized carbons (Fsp3) is 0.412. The summed E-state index contributed by atoms with van der Waals surface area (Å²) < 4.78 is 16.1. The second-order valence-electron chi connectivity index (χ2n) is 5.48. The second-order valence-corrected chi connectivity index (χ2v) is 6.32. The minimum atomic E-state index is 0. The Hall–Kier alpha value is -1.95. The number of rotatable bonds is 7. The van der Waals surface area contributed by atoms with Gasteiger partial charge in [0.15, 0.2) is 22.6 Å². The number of nitrogens with one attached hydrogen (secondary N) is 2. The van der Waals surface area contributed by atoms with Crippen molar-refractivity contribution in [2.24, 2.45) is 4.99 Å². The highest BCUT2D eigenvalue weighted by molar-refractivity contribution is 14.0. The number of aliphatic imine (C=N–C) groups is 1. The minimum Gasteiger partial charge on any atom is -0.493 e. The second kappa shape index (κ2) is 11.0. The van der Waals surface area contributed by atoms with Gasteiger partial charge in [-0.1, -0.05) is 0 Å². The summed E-state index contributed by atoms with van der Waals surface area (Å²) in [5.74, 6) is 2.29. The lowest BCUT2D eigenvalue weighted by molar-refractivity contribution is 0.324. The molecule has 10 heteroatoms. The molecular formula is C17H26IN5O3S. The number of anilines is 2. The molecule has 0 atom stereocenters. The molecule has 2 rings (SSSR count). The third-order valence-corrected chi connectivity index (χ3v) is 4.57. The van der Waals surface area contributed by atoms with E-state index < -0.39 is 0 Å². The van der Waals surface area contributed by atoms with Crippen LogP contribution in [0.2, 0.25) is 0 Å². The predicted molar refractivity (Wildman–Crippen MR) is 122 cm³/mol. The van der Waals surface area contributed by atoms with Crippen molar-refractivity contribution in [3.8, 4) is 17.2 Å². The first-order valence-corrected chi connectivity index (χ1v) is 8.79. The molecule has 0 spiro atoms. The van der Waals surface area contributed by atoms with E-state index in [2.05, 4.69) is 20.6 Å². The summed E-state index contributed by atoms with van der Waals surface area (Å²) >= 11 is 1.60. The highest BCUT2D eigenvalue weighted by atomic mass is 127. The average Bonchev–Trinajstić information content (AvgIpc) is 3.13. The number of hydrogen-bond donors (Lipinski definition) is 2. The number of halogens is 1. The summed E-state index contributed by atoms with van der Waals surface area (Å²) in [5.41, 5.74) is 1.71. The maximum absolute atomic E-state index is 5.37. The summed E-state index contributed by atoms with van der Waals surface area (Å²) in [6, 6.07) is 3.64. The van der Waals surface area contributed by atoms with Crippen molar-refractivity contribution < 1.29 is 14.2 Å². The zero-order chi connectivity index (χ0) is 19.1. The van der Waals surface area contributed by atoms with Crippen LogP contribution in [0.1, 0.15) is 5.69 Å². The molecule has 0 aliphatic carbocycles. The van der Waals surface area contributed by atoms with E-state index >= 15 is 0 Å². The highest BCUT2D eigenvalue weighted by Crippen LogP contribution is 2.39. The summed E-state index contributed by atoms with van der Waals surface area (Å²) in [7, 11) is 10.4. The predicted octanol–water partition coefficient (Wildman–Crippen LogP) is 3.04. The number of nitrogens with zero attached hydrogens (tertiary/aromatic N) is 3. The molecule has 1 heterocycles. The van der Waals surface area contributed by atoms with E-state index in [-0.39, 0.29) is 24.0 Å². The van der Waals surface area contributed by atoms with E-state index in [4.69, 9.17) is 14.2 Å². The van der Waals surface area contributed by atoms with Crippen LogP contribution in [0.3, 0.4) is 0 Å². The van der Waals surface area contributed by atoms with Crippen LogP contribution in [-0.4, -0.2) is 53.4 Å². The minimum absolute atomic E-state index is 0. The first-order chi connectivity index (χ1) is 12.5. The third kappa shape index (κ3) is 6.03. The standard InChI is InChI=1S/C17H25N5O3S.HI/c1-18-16(19-9-12-10-26-17(21-12)22(2)3)20-11-7-13(23-4)15(25-6)14(8-11)24-5;/h7-8,10H,9H2,1-6H3,(H2,18,19,20);1H. The zero-order valence-electron chi connectivity index (χ0n) is 16.3. The summed E-state index contributed by atoms with van der Waals surface area (Å²) in [5, 5.41) is 9.45. The number of thiazole rings is 1. The highest BCUT2D eigenvalue weighted by Gasteiger charge is 2.14. The van der Waals surface area contributed by atoms with Crippen molar-refractivity contribution in [1.29, 1.82) is 0 Å². The number of hydrogen-bond acceptors (Lipinski definition) is 7. The van der Waals surface area contributed by atoms with Crippen molar-refractivity contribution in [2.45, 2.75) is 6.54 Å². The number of benzene rings is 1. The Labute approximate surface area is 181 Å². The quantitative estimate of drug-likeness (QED) is 0.339. The van der Waals surface area contributed by atoms with Crippen LogP contribution in [0, 0.1) is 0 Å². The summed E-state index contributed by atoms with van der Waals surface area (Å²) in [4.78, 5) is 10.8. The Balaban J connectivity index is 0.00000364. The van der Waals surface area contributed by atoms with Crippen LogP contribution in [-0.2, 0) is 6.54 Å². The topological polar surface area (TPSA) is 80.2 Å². The van der Waals surface area contributed by atoms with Crippen LogP contribution in [0.25, 0.3) is 0 Å². The molecule has 1 aromatic carbocycles. The average molecular weight is 507 g/mol. The van der Waals surface area contributed by atoms with Crippen molar-refractivity contribution in [1.82, 2.24) is 10.3 Å². The van der Waals surface area contributed by atoms with Gasteiger partial charge >= 0.3 is 0 Å². The van der Waals surface area contributed by atoms with Crippen LogP contribution in [0.15, 0.2) is 22.5 Å². The Kier molecular flexibility index (Phi) is 9.43. The van der Waals surface area contributed by atoms with Gasteiger partial charge in [-0.3, -0.25) is 4.99 Å². The van der Waals surface area contributed by atoms with Gasteiger partial charge in [-0.2, -0.15) is 0 Å². The first-order valence-electron chi connectivity index (χ1n) is 7.91. The van der Waals surface area contributed by atoms with Crippen LogP contribution < -0.4 is 29.7 Å². The van der Waals surface area contributed by atoms with Crippen molar-refractivity contribution in [2.75, 3.05) is 52.7 Å². The molecule has 0 aliphatic rings. The molecule has 0 amide bonds. The van der Waals surface area contributed by atoms with Crippen molar-refractivity contribution >= 4 is 52.1 Å². The third-order valence-electron chi connectivity index (χ3n) is 3.51. The number of guanidine groups is 1. The molecule has 0 unspecified atom stereocenters. The van der Waals surface area contributed by atoms with Crippen LogP contribution in [0.4, 0.5) is 10.8 Å². The van der Waals surface area contributed by atoms with Crippen molar-refractivity contribution in [3.63, 3.8) is 0 Å². The fourth-order valence-electron chi connectivity index (χ4n) is 2.23. The number of methoxy groups -OCH3 is 3. The lowest BCUT2D eigenvalue weighted by Gasteiger charge is -2.16. The van der Waals surface area contributed by atoms with E-state index in [0.717, 1.165) is 16.5 Å². The van der Waals surface area contributed by atoms with Gasteiger partial charge in [-0.05, 0) is 0 Å². The lowest BCUT2D eigenvalue weighted by Crippen LogP contribution is -2.30. The first kappa shape index (κ1) is 23.1. The van der Waals surface area contributed by atoms with Gasteiger partial charge in [-0.15, -0.1) is 35.3 Å². The molecule has 0 radical (unpaired) electrons. The number of ether oxygens (including phenoxy) is 3. The number of aromatic nitrogens is 1. The van der Waals surface area contributed by atoms with Gasteiger partial charge in [0.1, 0.15) is 0 Å². The zero-order valence-corrected chi connectivity index (χ0v) is 19.5. The van der Waals surface area contributed by atoms with Gasteiger partial charge in [0, 0.05) is 44.3 Å². The molecule has 0 fully saturated rings. The van der Waals surface area contributed by atoms with E-state index in [0.29, 0.717) is 29.8 Å². The van der Waals surface area contributed by atoms with Crippen LogP contribution in [0.5, 0.6) is 17.2 Å². The Bertz CT molecular complexity index is 742. The van der Waals surface area contributed by atoms with Gasteiger partial charge in [0.25, 0.3) is 0 Å². The summed E-state index contributed by atoms with van der Waals surface area (Å²) in [6.45, 7) is 0.564. The largest absolute Gasteiger partial charge is 0.493 e. The Morgan fingerprint density at radius 2 is 1.78 bits per heavy atom. The SMILES string of the molecule is CN=C(NCc1csc(N(C)C)n1)Nc1cc(OC)c(OC)c(OC)c1.I. The lowest BCUT2D eigenvalue weighted by atomic mass is 10.2. The van der Waals surface area contributed by atoms with E-state index in [1.807, 2.05) is 36.5 Å². The molecule has 1 aromatic heterocycles. The Morgan fingerprint density at radius 1 is 1.15 bits per heavy atom. The molecule has 0 aliphatic heterocycles. The molecule has 0 saturated heterocycles. The molecule has 8 nitrogen and oxygen atoms in total. The maximum Gasteiger partial charge on any atom is 0.203 e. The van der Waals surface area contributed by atoms with E-state index in [1.54, 1.807) is 39.7 Å². The van der Waals surface area contributed by atoms with Crippen LogP contribution >= 0.6 is 35.3 Å². The molecule has 150 valence electrons. The summed E-state index contributed by atoms with van der Waals surface area (Å²) in [6.07, 6.45) is 0. The van der Waals surface area contributed by atoms with Gasteiger partial charge < -0.3 is 29.7 Å². The Morgan fingerprint density at radius 3 is 2.22 bits per heavy atom. The normalized spacial score (nSPS) is 10.7. The molecule has 0 bridgehead atoms. The molecular weight excluding hydrogens is 481 g/mol. The fourth-order valence-corrected chi connectivity index (χ4v) is 2.98. The molecule has 27 heavy (non-hydrogen) atoms. The van der Waals surface area contributed by atoms with Gasteiger partial charge in [0.05, 0.1) is 33.6 Å². The monoisotopic (exact) mass is 507 g/mol. The smallest absolute Gasteiger partial charge is 0.203 e. The maximum atomic E-state index is 5.37. The molecule has 2 aromatic rings. The van der Waals surface area contributed by atoms with E-state index in [1.165, 1.54) is 0 Å². The van der Waals surface area contributed by atoms with Gasteiger partial charge in [0.2, 0.25) is 5.75 Å². The van der Waals surface area contributed by atoms with Gasteiger partial charge in [-0.25, -0.2) is 4.98 Å². The van der Waals surface area contributed by atoms with E-state index in [9.17, 15) is 0 Å². The van der Waals surface area contributed by atoms with Crippen molar-refractivity contribution in [3.05, 3.63) is 23.2 Å².